The first-order valence-corrected chi connectivity index (χ1v) is 8.33. The zero-order chi connectivity index (χ0) is 18.7. The lowest BCUT2D eigenvalue weighted by Gasteiger charge is -2.22. The van der Waals surface area contributed by atoms with Crippen molar-refractivity contribution < 1.29 is 4.79 Å². The molecule has 2 aromatic heterocycles. The van der Waals surface area contributed by atoms with Crippen LogP contribution >= 0.6 is 0 Å². The fraction of sp³-hybridized carbons (Fsp3) is 0.200. The number of hydrogen-bond donors (Lipinski definition) is 2. The molecule has 0 aliphatic carbocycles. The molecule has 0 radical (unpaired) electrons. The van der Waals surface area contributed by atoms with E-state index in [2.05, 4.69) is 32.4 Å². The average Bonchev–Trinajstić information content (AvgIpc) is 2.61. The highest BCUT2D eigenvalue weighted by atomic mass is 16.1. The van der Waals surface area contributed by atoms with Gasteiger partial charge in [-0.15, -0.1) is 0 Å². The number of amides is 1. The van der Waals surface area contributed by atoms with E-state index in [1.807, 2.05) is 32.0 Å². The van der Waals surface area contributed by atoms with Crippen molar-refractivity contribution in [1.29, 1.82) is 0 Å². The Labute approximate surface area is 152 Å². The van der Waals surface area contributed by atoms with Crippen LogP contribution in [-0.2, 0) is 0 Å². The van der Waals surface area contributed by atoms with Gasteiger partial charge < -0.3 is 11.1 Å². The third-order valence-electron chi connectivity index (χ3n) is 4.14. The number of nitrogens with two attached hydrogens (primary N) is 1. The van der Waals surface area contributed by atoms with Gasteiger partial charge in [0, 0.05) is 18.1 Å². The van der Waals surface area contributed by atoms with Crippen LogP contribution in [0.3, 0.4) is 0 Å². The molecule has 0 saturated carbocycles. The molecule has 26 heavy (non-hydrogen) atoms. The van der Waals surface area contributed by atoms with Gasteiger partial charge in [0.15, 0.2) is 0 Å². The molecule has 3 N–H and O–H groups in total. The quantitative estimate of drug-likeness (QED) is 0.757. The molecule has 1 amide bonds. The van der Waals surface area contributed by atoms with Gasteiger partial charge in [0.05, 0.1) is 6.04 Å². The normalized spacial score (nSPS) is 11.8. The first-order valence-electron chi connectivity index (χ1n) is 8.33. The highest BCUT2D eigenvalue weighted by Gasteiger charge is 2.21. The predicted molar refractivity (Wildman–Crippen MR) is 101 cm³/mol. The Balaban J connectivity index is 2.01. The minimum atomic E-state index is -0.340. The summed E-state index contributed by atoms with van der Waals surface area (Å²) in [5, 5.41) is 3.06. The summed E-state index contributed by atoms with van der Waals surface area (Å²) in [6.07, 6.45) is 3.46. The number of carbonyl (C=O) groups excluding carboxylic acids is 1. The number of pyridine rings is 1. The van der Waals surface area contributed by atoms with Crippen molar-refractivity contribution in [2.24, 2.45) is 0 Å². The number of nitrogens with one attached hydrogen (secondary N) is 1. The van der Waals surface area contributed by atoms with Crippen molar-refractivity contribution in [3.8, 4) is 0 Å². The summed E-state index contributed by atoms with van der Waals surface area (Å²) in [4.78, 5) is 25.1. The van der Waals surface area contributed by atoms with Crippen LogP contribution in [0.15, 0.2) is 48.8 Å². The zero-order valence-corrected chi connectivity index (χ0v) is 15.0. The monoisotopic (exact) mass is 347 g/mol. The van der Waals surface area contributed by atoms with Crippen LogP contribution < -0.4 is 11.1 Å². The maximum Gasteiger partial charge on any atom is 0.270 e. The Morgan fingerprint density at radius 2 is 1.92 bits per heavy atom. The van der Waals surface area contributed by atoms with E-state index in [4.69, 9.17) is 5.73 Å². The summed E-state index contributed by atoms with van der Waals surface area (Å²) in [5.41, 5.74) is 10.7. The Kier molecular flexibility index (Phi) is 4.93. The molecule has 0 bridgehead atoms. The van der Waals surface area contributed by atoms with Crippen LogP contribution in [0.4, 0.5) is 5.95 Å². The van der Waals surface area contributed by atoms with Crippen LogP contribution in [0.2, 0.25) is 0 Å². The minimum Gasteiger partial charge on any atom is -0.368 e. The number of hydrogen-bond acceptors (Lipinski definition) is 5. The van der Waals surface area contributed by atoms with Gasteiger partial charge in [-0.05, 0) is 49.6 Å². The van der Waals surface area contributed by atoms with E-state index in [0.29, 0.717) is 5.69 Å². The van der Waals surface area contributed by atoms with Crippen molar-refractivity contribution in [3.05, 3.63) is 82.4 Å². The van der Waals surface area contributed by atoms with Crippen LogP contribution in [-0.4, -0.2) is 20.9 Å². The summed E-state index contributed by atoms with van der Waals surface area (Å²) >= 11 is 0. The molecule has 0 aliphatic heterocycles. The van der Waals surface area contributed by atoms with Crippen LogP contribution in [0, 0.1) is 20.8 Å². The Hall–Kier alpha value is -3.28. The van der Waals surface area contributed by atoms with Crippen molar-refractivity contribution in [1.82, 2.24) is 20.3 Å². The topological polar surface area (TPSA) is 93.8 Å². The van der Waals surface area contributed by atoms with Crippen molar-refractivity contribution in [3.63, 3.8) is 0 Å². The molecular weight excluding hydrogens is 326 g/mol. The molecule has 0 spiro atoms. The van der Waals surface area contributed by atoms with Crippen molar-refractivity contribution in [2.75, 3.05) is 5.73 Å². The number of rotatable bonds is 4. The van der Waals surface area contributed by atoms with Crippen molar-refractivity contribution in [2.45, 2.75) is 26.8 Å². The van der Waals surface area contributed by atoms with E-state index < -0.39 is 0 Å². The largest absolute Gasteiger partial charge is 0.368 e. The second-order valence-corrected chi connectivity index (χ2v) is 6.31. The van der Waals surface area contributed by atoms with Crippen LogP contribution in [0.25, 0.3) is 0 Å². The molecule has 3 rings (SSSR count). The standard InChI is InChI=1S/C20H21N5O/c1-12-6-7-13(2)16(9-12)18(15-5-4-8-22-11-15)25-19(26)17-10-14(3)23-20(21)24-17/h4-11,18H,1-3H3,(H,25,26)(H2,21,23,24)/t18-/m0/s1. The maximum atomic E-state index is 12.8. The van der Waals surface area contributed by atoms with Gasteiger partial charge in [-0.3, -0.25) is 9.78 Å². The van der Waals surface area contributed by atoms with Crippen LogP contribution in [0.5, 0.6) is 0 Å². The van der Waals surface area contributed by atoms with Gasteiger partial charge in [0.25, 0.3) is 5.91 Å². The SMILES string of the molecule is Cc1ccc(C)c([C@@H](NC(=O)c2cc(C)nc(N)n2)c2cccnc2)c1. The van der Waals surface area contributed by atoms with E-state index in [-0.39, 0.29) is 23.6 Å². The molecule has 6 heteroatoms. The first-order chi connectivity index (χ1) is 12.4. The second kappa shape index (κ2) is 7.31. The molecule has 0 saturated heterocycles. The van der Waals surface area contributed by atoms with Gasteiger partial charge in [-0.25, -0.2) is 9.97 Å². The molecule has 6 nitrogen and oxygen atoms in total. The fourth-order valence-electron chi connectivity index (χ4n) is 2.87. The highest BCUT2D eigenvalue weighted by Crippen LogP contribution is 2.26. The fourth-order valence-corrected chi connectivity index (χ4v) is 2.87. The molecule has 132 valence electrons. The third-order valence-corrected chi connectivity index (χ3v) is 4.14. The summed E-state index contributed by atoms with van der Waals surface area (Å²) in [7, 11) is 0. The van der Waals surface area contributed by atoms with E-state index >= 15 is 0 Å². The molecular formula is C20H21N5O. The molecule has 3 aromatic rings. The minimum absolute atomic E-state index is 0.0832. The van der Waals surface area contributed by atoms with Gasteiger partial charge in [0.2, 0.25) is 5.95 Å². The van der Waals surface area contributed by atoms with Crippen molar-refractivity contribution >= 4 is 11.9 Å². The smallest absolute Gasteiger partial charge is 0.270 e. The lowest BCUT2D eigenvalue weighted by molar-refractivity contribution is 0.0937. The lowest BCUT2D eigenvalue weighted by Crippen LogP contribution is -2.31. The summed E-state index contributed by atoms with van der Waals surface area (Å²) < 4.78 is 0. The number of aromatic nitrogens is 3. The number of carbonyl (C=O) groups is 1. The van der Waals surface area contributed by atoms with E-state index in [1.165, 1.54) is 0 Å². The molecule has 0 fully saturated rings. The van der Waals surface area contributed by atoms with E-state index in [0.717, 1.165) is 22.3 Å². The molecule has 2 heterocycles. The zero-order valence-electron chi connectivity index (χ0n) is 15.0. The van der Waals surface area contributed by atoms with Gasteiger partial charge in [-0.2, -0.15) is 0 Å². The lowest BCUT2D eigenvalue weighted by atomic mass is 9.94. The molecule has 0 aliphatic rings. The van der Waals surface area contributed by atoms with E-state index in [1.54, 1.807) is 25.4 Å². The molecule has 1 atom stereocenters. The third kappa shape index (κ3) is 3.85. The highest BCUT2D eigenvalue weighted by molar-refractivity contribution is 5.93. The van der Waals surface area contributed by atoms with E-state index in [9.17, 15) is 4.79 Å². The Bertz CT molecular complexity index is 920. The second-order valence-electron chi connectivity index (χ2n) is 6.31. The number of nitrogen functional groups attached to an aromatic ring is 1. The number of nitrogens with zero attached hydrogens (tertiary/aromatic N) is 3. The van der Waals surface area contributed by atoms with Crippen LogP contribution in [0.1, 0.15) is 44.5 Å². The molecule has 0 unspecified atom stereocenters. The maximum absolute atomic E-state index is 12.8. The van der Waals surface area contributed by atoms with Gasteiger partial charge in [0.1, 0.15) is 5.69 Å². The average molecular weight is 347 g/mol. The van der Waals surface area contributed by atoms with Gasteiger partial charge >= 0.3 is 0 Å². The number of benzene rings is 1. The number of aryl methyl sites for hydroxylation is 3. The number of anilines is 1. The predicted octanol–water partition coefficient (Wildman–Crippen LogP) is 2.90. The Morgan fingerprint density at radius 3 is 2.62 bits per heavy atom. The summed E-state index contributed by atoms with van der Waals surface area (Å²) in [6, 6.07) is 11.3. The summed E-state index contributed by atoms with van der Waals surface area (Å²) in [5.74, 6) is -0.225. The van der Waals surface area contributed by atoms with Gasteiger partial charge in [-0.1, -0.05) is 29.8 Å². The summed E-state index contributed by atoms with van der Waals surface area (Å²) in [6.45, 7) is 5.83. The Morgan fingerprint density at radius 1 is 1.12 bits per heavy atom. The first kappa shape index (κ1) is 17.5. The molecule has 1 aromatic carbocycles.